The van der Waals surface area contributed by atoms with Crippen LogP contribution in [0, 0.1) is 5.92 Å². The molecule has 140 valence electrons. The third-order valence-corrected chi connectivity index (χ3v) is 5.39. The minimum atomic E-state index is -0.275. The predicted octanol–water partition coefficient (Wildman–Crippen LogP) is 2.91. The first-order chi connectivity index (χ1) is 13.2. The van der Waals surface area contributed by atoms with Gasteiger partial charge in [-0.2, -0.15) is 0 Å². The number of likely N-dealkylation sites (tertiary alicyclic amines) is 1. The Morgan fingerprint density at radius 2 is 1.74 bits per heavy atom. The van der Waals surface area contributed by atoms with Crippen LogP contribution in [0.25, 0.3) is 0 Å². The van der Waals surface area contributed by atoms with E-state index in [2.05, 4.69) is 5.32 Å². The monoisotopic (exact) mass is 364 g/mol. The molecule has 0 spiro atoms. The van der Waals surface area contributed by atoms with Crippen molar-refractivity contribution in [2.45, 2.75) is 31.3 Å². The number of carbonyl (C=O) groups excluding carboxylic acids is 2. The van der Waals surface area contributed by atoms with E-state index in [9.17, 15) is 9.59 Å². The van der Waals surface area contributed by atoms with Gasteiger partial charge in [0.05, 0.1) is 19.1 Å². The van der Waals surface area contributed by atoms with E-state index < -0.39 is 0 Å². The van der Waals surface area contributed by atoms with Gasteiger partial charge in [0.2, 0.25) is 11.8 Å². The fourth-order valence-corrected chi connectivity index (χ4v) is 3.71. The van der Waals surface area contributed by atoms with Crippen molar-refractivity contribution in [3.63, 3.8) is 0 Å². The van der Waals surface area contributed by atoms with Gasteiger partial charge in [-0.1, -0.05) is 42.5 Å². The highest BCUT2D eigenvalue weighted by Gasteiger charge is 2.42. The summed E-state index contributed by atoms with van der Waals surface area (Å²) in [5.41, 5.74) is 2.00. The number of benzene rings is 2. The Morgan fingerprint density at radius 1 is 1.07 bits per heavy atom. The van der Waals surface area contributed by atoms with E-state index in [-0.39, 0.29) is 23.8 Å². The number of carbonyl (C=O) groups is 2. The largest absolute Gasteiger partial charge is 0.497 e. The van der Waals surface area contributed by atoms with E-state index in [1.807, 2.05) is 59.5 Å². The number of amides is 2. The highest BCUT2D eigenvalue weighted by atomic mass is 16.5. The molecular formula is C22H24N2O3. The molecule has 2 aromatic carbocycles. The molecule has 1 saturated heterocycles. The van der Waals surface area contributed by atoms with E-state index in [4.69, 9.17) is 4.74 Å². The SMILES string of the molecule is COc1ccc([C@@H](NC(=O)[C@H]2CC(=O)N(C3CC3)C2)c2ccccc2)cc1. The zero-order valence-electron chi connectivity index (χ0n) is 15.4. The molecule has 1 aliphatic carbocycles. The van der Waals surface area contributed by atoms with Gasteiger partial charge in [0, 0.05) is 19.0 Å². The molecule has 2 aliphatic rings. The molecular weight excluding hydrogens is 340 g/mol. The van der Waals surface area contributed by atoms with Gasteiger partial charge in [0.15, 0.2) is 0 Å². The molecule has 2 fully saturated rings. The number of nitrogens with zero attached hydrogens (tertiary/aromatic N) is 1. The van der Waals surface area contributed by atoms with Crippen molar-refractivity contribution in [2.24, 2.45) is 5.92 Å². The van der Waals surface area contributed by atoms with Gasteiger partial charge in [0.25, 0.3) is 0 Å². The molecule has 2 atom stereocenters. The molecule has 0 bridgehead atoms. The summed E-state index contributed by atoms with van der Waals surface area (Å²) in [6, 6.07) is 17.7. The summed E-state index contributed by atoms with van der Waals surface area (Å²) in [7, 11) is 1.63. The molecule has 1 heterocycles. The van der Waals surface area contributed by atoms with Crippen LogP contribution in [0.3, 0.4) is 0 Å². The smallest absolute Gasteiger partial charge is 0.226 e. The highest BCUT2D eigenvalue weighted by Crippen LogP contribution is 2.33. The standard InChI is InChI=1S/C22H24N2O3/c1-27-19-11-7-16(8-12-19)21(15-5-3-2-4-6-15)23-22(26)17-13-20(25)24(14-17)18-9-10-18/h2-8,11-12,17-18,21H,9-10,13-14H2,1H3,(H,23,26)/t17-,21-/m0/s1. The second-order valence-electron chi connectivity index (χ2n) is 7.30. The van der Waals surface area contributed by atoms with Gasteiger partial charge in [-0.25, -0.2) is 0 Å². The lowest BCUT2D eigenvalue weighted by Crippen LogP contribution is -2.36. The van der Waals surface area contributed by atoms with Crippen LogP contribution in [0.2, 0.25) is 0 Å². The fraction of sp³-hybridized carbons (Fsp3) is 0.364. The van der Waals surface area contributed by atoms with Gasteiger partial charge >= 0.3 is 0 Å². The van der Waals surface area contributed by atoms with Gasteiger partial charge in [-0.15, -0.1) is 0 Å². The summed E-state index contributed by atoms with van der Waals surface area (Å²) in [6.45, 7) is 0.541. The summed E-state index contributed by atoms with van der Waals surface area (Å²) in [6.07, 6.45) is 2.45. The minimum absolute atomic E-state index is 0.0591. The van der Waals surface area contributed by atoms with Crippen LogP contribution in [0.4, 0.5) is 0 Å². The molecule has 2 amide bonds. The summed E-state index contributed by atoms with van der Waals surface area (Å²) in [4.78, 5) is 27.0. The topological polar surface area (TPSA) is 58.6 Å². The Balaban J connectivity index is 1.53. The Bertz CT molecular complexity index is 815. The molecule has 1 N–H and O–H groups in total. The Morgan fingerprint density at radius 3 is 2.37 bits per heavy atom. The van der Waals surface area contributed by atoms with Crippen molar-refractivity contribution in [1.82, 2.24) is 10.2 Å². The summed E-state index contributed by atoms with van der Waals surface area (Å²) in [5, 5.41) is 3.17. The van der Waals surface area contributed by atoms with Gasteiger partial charge in [0.1, 0.15) is 5.75 Å². The lowest BCUT2D eigenvalue weighted by Gasteiger charge is -2.22. The average Bonchev–Trinajstić information content (AvgIpc) is 3.48. The first kappa shape index (κ1) is 17.6. The second kappa shape index (κ2) is 7.43. The number of ether oxygens (including phenoxy) is 1. The van der Waals surface area contributed by atoms with Gasteiger partial charge in [-0.05, 0) is 36.1 Å². The zero-order chi connectivity index (χ0) is 18.8. The quantitative estimate of drug-likeness (QED) is 0.857. The maximum absolute atomic E-state index is 12.9. The molecule has 0 aromatic heterocycles. The Labute approximate surface area is 159 Å². The van der Waals surface area contributed by atoms with E-state index in [0.29, 0.717) is 19.0 Å². The molecule has 1 saturated carbocycles. The number of hydrogen-bond donors (Lipinski definition) is 1. The normalized spacial score (nSPS) is 20.4. The Hall–Kier alpha value is -2.82. The maximum atomic E-state index is 12.9. The van der Waals surface area contributed by atoms with Crippen LogP contribution in [0.5, 0.6) is 5.75 Å². The number of hydrogen-bond acceptors (Lipinski definition) is 3. The molecule has 5 nitrogen and oxygen atoms in total. The van der Waals surface area contributed by atoms with Crippen LogP contribution in [-0.4, -0.2) is 36.4 Å². The van der Waals surface area contributed by atoms with E-state index in [1.165, 1.54) is 0 Å². The highest BCUT2D eigenvalue weighted by molar-refractivity contribution is 5.90. The second-order valence-corrected chi connectivity index (χ2v) is 7.30. The van der Waals surface area contributed by atoms with Crippen LogP contribution in [-0.2, 0) is 9.59 Å². The third-order valence-electron chi connectivity index (χ3n) is 5.39. The summed E-state index contributed by atoms with van der Waals surface area (Å²) >= 11 is 0. The van der Waals surface area contributed by atoms with Crippen molar-refractivity contribution >= 4 is 11.8 Å². The number of nitrogens with one attached hydrogen (secondary N) is 1. The third kappa shape index (κ3) is 3.82. The Kier molecular flexibility index (Phi) is 4.84. The van der Waals surface area contributed by atoms with E-state index in [0.717, 1.165) is 29.7 Å². The van der Waals surface area contributed by atoms with E-state index in [1.54, 1.807) is 7.11 Å². The fourth-order valence-electron chi connectivity index (χ4n) is 3.71. The van der Waals surface area contributed by atoms with Crippen LogP contribution in [0.15, 0.2) is 54.6 Å². The van der Waals surface area contributed by atoms with Crippen molar-refractivity contribution in [3.8, 4) is 5.75 Å². The molecule has 2 aromatic rings. The predicted molar refractivity (Wildman–Crippen MR) is 102 cm³/mol. The van der Waals surface area contributed by atoms with Crippen molar-refractivity contribution in [1.29, 1.82) is 0 Å². The summed E-state index contributed by atoms with van der Waals surface area (Å²) in [5.74, 6) is 0.551. The number of methoxy groups -OCH3 is 1. The molecule has 27 heavy (non-hydrogen) atoms. The van der Waals surface area contributed by atoms with Gasteiger partial charge in [-0.3, -0.25) is 9.59 Å². The van der Waals surface area contributed by atoms with Crippen LogP contribution >= 0.6 is 0 Å². The van der Waals surface area contributed by atoms with Crippen LogP contribution in [0.1, 0.15) is 36.4 Å². The molecule has 1 aliphatic heterocycles. The zero-order valence-corrected chi connectivity index (χ0v) is 15.4. The lowest BCUT2D eigenvalue weighted by atomic mass is 9.97. The first-order valence-corrected chi connectivity index (χ1v) is 9.44. The van der Waals surface area contributed by atoms with Crippen LogP contribution < -0.4 is 10.1 Å². The van der Waals surface area contributed by atoms with Crippen molar-refractivity contribution < 1.29 is 14.3 Å². The maximum Gasteiger partial charge on any atom is 0.226 e. The summed E-state index contributed by atoms with van der Waals surface area (Å²) < 4.78 is 5.24. The van der Waals surface area contributed by atoms with Gasteiger partial charge < -0.3 is 15.0 Å². The molecule has 4 rings (SSSR count). The van der Waals surface area contributed by atoms with Crippen molar-refractivity contribution in [2.75, 3.05) is 13.7 Å². The lowest BCUT2D eigenvalue weighted by molar-refractivity contribution is -0.129. The first-order valence-electron chi connectivity index (χ1n) is 9.44. The molecule has 5 heteroatoms. The average molecular weight is 364 g/mol. The van der Waals surface area contributed by atoms with E-state index >= 15 is 0 Å². The minimum Gasteiger partial charge on any atom is -0.497 e. The molecule has 0 radical (unpaired) electrons. The molecule has 0 unspecified atom stereocenters. The van der Waals surface area contributed by atoms with Crippen molar-refractivity contribution in [3.05, 3.63) is 65.7 Å². The number of rotatable bonds is 6.